The molecule has 3 fully saturated rings. The number of hydrogen-bond acceptors (Lipinski definition) is 4. The number of rotatable bonds is 3. The van der Waals surface area contributed by atoms with Gasteiger partial charge in [-0.1, -0.05) is 0 Å². The first-order valence-corrected chi connectivity index (χ1v) is 9.86. The summed E-state index contributed by atoms with van der Waals surface area (Å²) in [6.45, 7) is 6.39. The number of likely N-dealkylation sites (tertiary alicyclic amines) is 2. The quantitative estimate of drug-likeness (QED) is 0.844. The van der Waals surface area contributed by atoms with Gasteiger partial charge in [-0.25, -0.2) is 4.98 Å². The molecule has 0 bridgehead atoms. The number of aryl methyl sites for hydroxylation is 2. The van der Waals surface area contributed by atoms with Crippen molar-refractivity contribution < 1.29 is 9.59 Å². The highest BCUT2D eigenvalue weighted by Gasteiger charge is 2.43. The molecule has 3 heterocycles. The number of nitrogens with zero attached hydrogens (tertiary/aromatic N) is 3. The lowest BCUT2D eigenvalue weighted by molar-refractivity contribution is -0.137. The summed E-state index contributed by atoms with van der Waals surface area (Å²) < 4.78 is 0. The summed E-state index contributed by atoms with van der Waals surface area (Å²) in [4.78, 5) is 34.9. The first-order valence-electron chi connectivity index (χ1n) is 9.05. The molecule has 0 radical (unpaired) electrons. The van der Waals surface area contributed by atoms with Crippen molar-refractivity contribution in [1.82, 2.24) is 14.8 Å². The van der Waals surface area contributed by atoms with Crippen LogP contribution in [0.2, 0.25) is 0 Å². The molecule has 0 spiro atoms. The van der Waals surface area contributed by atoms with Crippen molar-refractivity contribution in [3.63, 3.8) is 0 Å². The molecular weight excluding hydrogens is 322 g/mol. The van der Waals surface area contributed by atoms with Crippen LogP contribution in [0.1, 0.15) is 53.6 Å². The number of carbonyl (C=O) groups excluding carboxylic acids is 2. The van der Waals surface area contributed by atoms with E-state index in [1.807, 2.05) is 9.80 Å². The third-order valence-corrected chi connectivity index (χ3v) is 6.86. The Morgan fingerprint density at radius 2 is 2.00 bits per heavy atom. The van der Waals surface area contributed by atoms with E-state index >= 15 is 0 Å². The molecule has 24 heavy (non-hydrogen) atoms. The number of carbonyl (C=O) groups is 2. The smallest absolute Gasteiger partial charge is 0.228 e. The van der Waals surface area contributed by atoms with Gasteiger partial charge in [0.2, 0.25) is 11.8 Å². The molecule has 0 aromatic carbocycles. The Hall–Kier alpha value is -1.43. The van der Waals surface area contributed by atoms with Crippen molar-refractivity contribution in [1.29, 1.82) is 0 Å². The number of thiazole rings is 1. The van der Waals surface area contributed by atoms with Gasteiger partial charge in [-0.05, 0) is 39.5 Å². The largest absolute Gasteiger partial charge is 0.342 e. The number of aromatic nitrogens is 1. The summed E-state index contributed by atoms with van der Waals surface area (Å²) in [5.41, 5.74) is 1.11. The SMILES string of the molecule is Cc1nc([C@@H]2CCCN(C(=O)[C@H]3CC(=O)N(C4CC4)C3)C2)sc1C. The lowest BCUT2D eigenvalue weighted by Crippen LogP contribution is -2.43. The molecule has 2 atom stereocenters. The van der Waals surface area contributed by atoms with Crippen LogP contribution in [0.5, 0.6) is 0 Å². The maximum Gasteiger partial charge on any atom is 0.228 e. The standard InChI is InChI=1S/C18H25N3O2S/c1-11-12(2)24-17(19-11)13-4-3-7-20(9-13)18(23)14-8-16(22)21(10-14)15-5-6-15/h13-15H,3-10H2,1-2H3/t13-,14+/m1/s1. The van der Waals surface area contributed by atoms with Gasteiger partial charge in [0.15, 0.2) is 0 Å². The Balaban J connectivity index is 1.42. The van der Waals surface area contributed by atoms with Gasteiger partial charge in [-0.2, -0.15) is 0 Å². The zero-order valence-electron chi connectivity index (χ0n) is 14.5. The fraction of sp³-hybridized carbons (Fsp3) is 0.722. The monoisotopic (exact) mass is 347 g/mol. The predicted molar refractivity (Wildman–Crippen MR) is 93.0 cm³/mol. The summed E-state index contributed by atoms with van der Waals surface area (Å²) in [6, 6.07) is 0.422. The highest BCUT2D eigenvalue weighted by atomic mass is 32.1. The van der Waals surface area contributed by atoms with Crippen LogP contribution >= 0.6 is 11.3 Å². The van der Waals surface area contributed by atoms with Gasteiger partial charge in [-0.3, -0.25) is 9.59 Å². The van der Waals surface area contributed by atoms with Gasteiger partial charge in [0, 0.05) is 42.9 Å². The Morgan fingerprint density at radius 3 is 2.67 bits per heavy atom. The van der Waals surface area contributed by atoms with Gasteiger partial charge in [-0.15, -0.1) is 11.3 Å². The average Bonchev–Trinajstić information content (AvgIpc) is 3.27. The molecule has 130 valence electrons. The maximum absolute atomic E-state index is 12.9. The predicted octanol–water partition coefficient (Wildman–Crippen LogP) is 2.48. The van der Waals surface area contributed by atoms with Crippen LogP contribution in [-0.4, -0.2) is 52.3 Å². The van der Waals surface area contributed by atoms with E-state index in [4.69, 9.17) is 4.98 Å². The van der Waals surface area contributed by atoms with Crippen molar-refractivity contribution in [2.45, 2.75) is 57.9 Å². The maximum atomic E-state index is 12.9. The molecular formula is C18H25N3O2S. The van der Waals surface area contributed by atoms with E-state index < -0.39 is 0 Å². The number of amides is 2. The normalized spacial score (nSPS) is 27.8. The molecule has 0 unspecified atom stereocenters. The molecule has 1 aromatic heterocycles. The molecule has 0 N–H and O–H groups in total. The van der Waals surface area contributed by atoms with E-state index in [1.54, 1.807) is 11.3 Å². The average molecular weight is 347 g/mol. The molecule has 1 aliphatic carbocycles. The molecule has 6 heteroatoms. The molecule has 2 amide bonds. The minimum absolute atomic E-state index is 0.128. The van der Waals surface area contributed by atoms with E-state index in [1.165, 1.54) is 9.88 Å². The van der Waals surface area contributed by atoms with Gasteiger partial charge >= 0.3 is 0 Å². The summed E-state index contributed by atoms with van der Waals surface area (Å²) in [5.74, 6) is 0.588. The van der Waals surface area contributed by atoms with Gasteiger partial charge in [0.1, 0.15) is 0 Å². The summed E-state index contributed by atoms with van der Waals surface area (Å²) in [7, 11) is 0. The highest BCUT2D eigenvalue weighted by Crippen LogP contribution is 2.35. The van der Waals surface area contributed by atoms with Crippen LogP contribution in [-0.2, 0) is 9.59 Å². The first kappa shape index (κ1) is 16.1. The van der Waals surface area contributed by atoms with E-state index in [-0.39, 0.29) is 17.7 Å². The van der Waals surface area contributed by atoms with Gasteiger partial charge in [0.25, 0.3) is 0 Å². The van der Waals surface area contributed by atoms with Crippen molar-refractivity contribution in [3.05, 3.63) is 15.6 Å². The Morgan fingerprint density at radius 1 is 1.21 bits per heavy atom. The third kappa shape index (κ3) is 2.96. The Bertz CT molecular complexity index is 648. The van der Waals surface area contributed by atoms with Crippen LogP contribution in [0.3, 0.4) is 0 Å². The van der Waals surface area contributed by atoms with Crippen LogP contribution in [0.25, 0.3) is 0 Å². The summed E-state index contributed by atoms with van der Waals surface area (Å²) in [5, 5.41) is 1.17. The van der Waals surface area contributed by atoms with Crippen molar-refractivity contribution in [3.8, 4) is 0 Å². The van der Waals surface area contributed by atoms with Crippen molar-refractivity contribution in [2.24, 2.45) is 5.92 Å². The summed E-state index contributed by atoms with van der Waals surface area (Å²) >= 11 is 1.77. The van der Waals surface area contributed by atoms with Crippen LogP contribution < -0.4 is 0 Å². The minimum atomic E-state index is -0.128. The zero-order valence-corrected chi connectivity index (χ0v) is 15.3. The summed E-state index contributed by atoms with van der Waals surface area (Å²) in [6.07, 6.45) is 4.77. The molecule has 2 saturated heterocycles. The van der Waals surface area contributed by atoms with Crippen molar-refractivity contribution >= 4 is 23.2 Å². The fourth-order valence-corrected chi connectivity index (χ4v) is 4.99. The van der Waals surface area contributed by atoms with E-state index in [9.17, 15) is 9.59 Å². The molecule has 1 saturated carbocycles. The topological polar surface area (TPSA) is 53.5 Å². The second kappa shape index (κ2) is 6.14. The molecule has 2 aliphatic heterocycles. The van der Waals surface area contributed by atoms with Gasteiger partial charge in [0.05, 0.1) is 16.6 Å². The molecule has 5 nitrogen and oxygen atoms in total. The Kier molecular flexibility index (Phi) is 4.11. The van der Waals surface area contributed by atoms with E-state index in [0.29, 0.717) is 24.9 Å². The second-order valence-electron chi connectivity index (χ2n) is 7.50. The highest BCUT2D eigenvalue weighted by molar-refractivity contribution is 7.11. The second-order valence-corrected chi connectivity index (χ2v) is 8.73. The lowest BCUT2D eigenvalue weighted by atomic mass is 9.96. The molecule has 4 rings (SSSR count). The van der Waals surface area contributed by atoms with Crippen LogP contribution in [0.4, 0.5) is 0 Å². The van der Waals surface area contributed by atoms with Crippen LogP contribution in [0, 0.1) is 19.8 Å². The van der Waals surface area contributed by atoms with Crippen molar-refractivity contribution in [2.75, 3.05) is 19.6 Å². The van der Waals surface area contributed by atoms with E-state index in [0.717, 1.165) is 44.5 Å². The first-order chi connectivity index (χ1) is 11.5. The number of hydrogen-bond donors (Lipinski definition) is 0. The minimum Gasteiger partial charge on any atom is -0.342 e. The fourth-order valence-electron chi connectivity index (χ4n) is 3.95. The van der Waals surface area contributed by atoms with Crippen LogP contribution in [0.15, 0.2) is 0 Å². The lowest BCUT2D eigenvalue weighted by Gasteiger charge is -2.33. The number of piperidine rings is 1. The zero-order chi connectivity index (χ0) is 16.8. The molecule has 3 aliphatic rings. The van der Waals surface area contributed by atoms with E-state index in [2.05, 4.69) is 13.8 Å². The Labute approximate surface area is 147 Å². The third-order valence-electron chi connectivity index (χ3n) is 5.62. The molecule has 1 aromatic rings. The van der Waals surface area contributed by atoms with Gasteiger partial charge < -0.3 is 9.80 Å².